The molecule has 0 spiro atoms. The van der Waals surface area contributed by atoms with Crippen molar-refractivity contribution >= 4 is 80.1 Å². The van der Waals surface area contributed by atoms with E-state index in [1.165, 1.54) is 81.2 Å². The van der Waals surface area contributed by atoms with E-state index in [-0.39, 0.29) is 26.5 Å². The molecule has 2 aliphatic heterocycles. The Morgan fingerprint density at radius 2 is 0.847 bits per heavy atom. The summed E-state index contributed by atoms with van der Waals surface area (Å²) in [5.74, 6) is 1.97. The zero-order valence-corrected chi connectivity index (χ0v) is 59.2. The van der Waals surface area contributed by atoms with Crippen LogP contribution in [0.15, 0.2) is 310 Å². The summed E-state index contributed by atoms with van der Waals surface area (Å²) >= 11 is 0. The third-order valence-electron chi connectivity index (χ3n) is 20.8. The topological polar surface area (TPSA) is 35.9 Å². The molecular formula is C90H66N4OPtSi2-2. The van der Waals surface area contributed by atoms with E-state index >= 15 is 0 Å². The maximum Gasteiger partial charge on any atom is 0.268 e. The van der Waals surface area contributed by atoms with Crippen LogP contribution < -0.4 is 40.4 Å². The van der Waals surface area contributed by atoms with Crippen LogP contribution in [0.25, 0.3) is 117 Å². The molecule has 8 heteroatoms. The van der Waals surface area contributed by atoms with Crippen molar-refractivity contribution in [1.82, 2.24) is 14.1 Å². The average molecular weight is 1470 g/mol. The van der Waals surface area contributed by atoms with E-state index in [0.717, 1.165) is 72.3 Å². The summed E-state index contributed by atoms with van der Waals surface area (Å²) in [6.45, 7) is 11.8. The van der Waals surface area contributed by atoms with Gasteiger partial charge in [0, 0.05) is 44.3 Å². The number of rotatable bonds is 9. The van der Waals surface area contributed by atoms with Crippen LogP contribution in [0.1, 0.15) is 26.3 Å². The number of imidazole rings is 1. The standard InChI is InChI=1S/C90H66N4OSi2.Pt/c1-90(2,3)62-52-53-91-88(56-62)94-80-43-15-10-36-74(80)75-51-50-65(58-83(75)94)95-64-29-24-28-63(57-64)92-59-93(82-45-17-16-44-81(82)92)89-68(60-26-22-30-66(54-60)96(4)84-46-18-11-37-76(84)70-32-6-7-33-71(70)77-38-12-19-47-85(77)96)41-25-42-69(89)61-27-23-31-67(55-61)97(5)86-48-20-13-39-78(86)72-34-8-9-35-73(72)79-40-14-21-49-87(79)97;/h6-56H,1-5H3;/q-2;. The monoisotopic (exact) mass is 1470 g/mol. The largest absolute Gasteiger partial charge is 0.510 e. The molecule has 0 bridgehead atoms. The predicted octanol–water partition coefficient (Wildman–Crippen LogP) is 17.7. The van der Waals surface area contributed by atoms with E-state index in [1.54, 1.807) is 0 Å². The second kappa shape index (κ2) is 23.8. The summed E-state index contributed by atoms with van der Waals surface area (Å²) < 4.78 is 13.5. The Bertz CT molecular complexity index is 5540. The van der Waals surface area contributed by atoms with Gasteiger partial charge in [0.2, 0.25) is 0 Å². The molecule has 13 aromatic carbocycles. The molecule has 0 saturated heterocycles. The minimum atomic E-state index is -2.76. The molecular weight excluding hydrogens is 1400 g/mol. The summed E-state index contributed by atoms with van der Waals surface area (Å²) in [7, 11) is -5.53. The molecule has 3 aromatic heterocycles. The molecule has 16 aromatic rings. The van der Waals surface area contributed by atoms with Gasteiger partial charge in [-0.05, 0) is 138 Å². The zero-order valence-electron chi connectivity index (χ0n) is 55.0. The quantitative estimate of drug-likeness (QED) is 0.0820. The van der Waals surface area contributed by atoms with Crippen molar-refractivity contribution in [2.45, 2.75) is 39.3 Å². The van der Waals surface area contributed by atoms with Crippen molar-refractivity contribution in [2.24, 2.45) is 0 Å². The van der Waals surface area contributed by atoms with Crippen LogP contribution in [0, 0.1) is 18.5 Å². The smallest absolute Gasteiger partial charge is 0.268 e. The first-order valence-corrected chi connectivity index (χ1v) is 38.5. The summed E-state index contributed by atoms with van der Waals surface area (Å²) in [6.07, 6.45) is 5.93. The van der Waals surface area contributed by atoms with Gasteiger partial charge in [-0.2, -0.15) is 18.2 Å². The average Bonchev–Trinajstić information content (AvgIpc) is 1.48. The summed E-state index contributed by atoms with van der Waals surface area (Å²) in [5.41, 5.74) is 21.7. The number of fused-ring (bicyclic) bond motifs is 14. The summed E-state index contributed by atoms with van der Waals surface area (Å²) in [4.78, 5) is 4.94. The Morgan fingerprint density at radius 3 is 1.39 bits per heavy atom. The fourth-order valence-electron chi connectivity index (χ4n) is 16.0. The number of para-hydroxylation sites is 4. The van der Waals surface area contributed by atoms with Gasteiger partial charge in [0.05, 0.1) is 16.7 Å². The van der Waals surface area contributed by atoms with Crippen molar-refractivity contribution in [1.29, 1.82) is 0 Å². The third-order valence-corrected chi connectivity index (χ3v) is 29.8. The molecule has 472 valence electrons. The van der Waals surface area contributed by atoms with Gasteiger partial charge in [-0.1, -0.05) is 294 Å². The van der Waals surface area contributed by atoms with Gasteiger partial charge in [-0.3, -0.25) is 4.57 Å². The maximum atomic E-state index is 6.88. The van der Waals surface area contributed by atoms with Gasteiger partial charge in [-0.25, -0.2) is 4.98 Å². The summed E-state index contributed by atoms with van der Waals surface area (Å²) in [6, 6.07) is 120. The molecule has 0 aliphatic carbocycles. The van der Waals surface area contributed by atoms with Crippen LogP contribution in [-0.2, 0) is 26.5 Å². The summed E-state index contributed by atoms with van der Waals surface area (Å²) in [5, 5.41) is 10.5. The SMILES string of the molecule is CC(C)(C)c1ccnc(-n2c3[c-]c(Oc4[c-]c(-n5[c-][n+](-c6c(-c7cccc([Si]8(C)c9ccccc9-c9ccccc9-c9ccccc98)c7)cccc6-c6cccc([Si]7(C)c8ccccc8-c8ccccc8-c8ccccc87)c6)c6ccccc65)ccc4)ccc3c3ccccc32)c1.[Pt]. The zero-order chi connectivity index (χ0) is 65.2. The first kappa shape index (κ1) is 60.8. The Hall–Kier alpha value is -10.8. The van der Waals surface area contributed by atoms with Gasteiger partial charge in [0.1, 0.15) is 22.0 Å². The van der Waals surface area contributed by atoms with E-state index in [1.807, 2.05) is 24.4 Å². The second-order valence-electron chi connectivity index (χ2n) is 27.2. The van der Waals surface area contributed by atoms with E-state index < -0.39 is 16.1 Å². The molecule has 0 radical (unpaired) electrons. The van der Waals surface area contributed by atoms with Crippen molar-refractivity contribution in [2.75, 3.05) is 0 Å². The molecule has 5 nitrogen and oxygen atoms in total. The molecule has 0 saturated carbocycles. The van der Waals surface area contributed by atoms with Crippen LogP contribution in [0.5, 0.6) is 11.5 Å². The van der Waals surface area contributed by atoms with Gasteiger partial charge in [0.25, 0.3) is 6.33 Å². The molecule has 5 heterocycles. The molecule has 2 aliphatic rings. The van der Waals surface area contributed by atoms with Crippen molar-refractivity contribution in [3.05, 3.63) is 334 Å². The van der Waals surface area contributed by atoms with E-state index in [9.17, 15) is 0 Å². The molecule has 0 unspecified atom stereocenters. The van der Waals surface area contributed by atoms with Gasteiger partial charge < -0.3 is 13.9 Å². The van der Waals surface area contributed by atoms with Crippen molar-refractivity contribution in [3.63, 3.8) is 0 Å². The number of benzene rings is 13. The van der Waals surface area contributed by atoms with E-state index in [4.69, 9.17) is 9.72 Å². The van der Waals surface area contributed by atoms with E-state index in [0.29, 0.717) is 11.5 Å². The number of nitrogens with zero attached hydrogens (tertiary/aromatic N) is 4. The molecule has 0 fully saturated rings. The van der Waals surface area contributed by atoms with Crippen LogP contribution in [-0.4, -0.2) is 30.3 Å². The third kappa shape index (κ3) is 9.65. The van der Waals surface area contributed by atoms with Crippen LogP contribution in [0.3, 0.4) is 0 Å². The molecule has 0 atom stereocenters. The van der Waals surface area contributed by atoms with Gasteiger partial charge >= 0.3 is 0 Å². The van der Waals surface area contributed by atoms with E-state index in [2.05, 4.69) is 351 Å². The Labute approximate surface area is 588 Å². The van der Waals surface area contributed by atoms with Crippen molar-refractivity contribution < 1.29 is 30.4 Å². The van der Waals surface area contributed by atoms with Crippen LogP contribution in [0.4, 0.5) is 0 Å². The second-order valence-corrected chi connectivity index (χ2v) is 35.0. The fraction of sp³-hybridized carbons (Fsp3) is 0.0667. The minimum Gasteiger partial charge on any atom is -0.510 e. The molecule has 18 rings (SSSR count). The normalized spacial score (nSPS) is 13.2. The first-order valence-electron chi connectivity index (χ1n) is 33.5. The number of ether oxygens (including phenoxy) is 1. The number of aromatic nitrogens is 4. The van der Waals surface area contributed by atoms with Crippen LogP contribution >= 0.6 is 0 Å². The van der Waals surface area contributed by atoms with Crippen molar-refractivity contribution in [3.8, 4) is 95.5 Å². The Morgan fingerprint density at radius 1 is 0.398 bits per heavy atom. The Balaban J connectivity index is 0.00000722. The Kier molecular flexibility index (Phi) is 14.8. The first-order chi connectivity index (χ1) is 47.5. The molecule has 98 heavy (non-hydrogen) atoms. The van der Waals surface area contributed by atoms with Gasteiger partial charge in [0.15, 0.2) is 0 Å². The molecule has 0 N–H and O–H groups in total. The van der Waals surface area contributed by atoms with Gasteiger partial charge in [-0.15, -0.1) is 29.7 Å². The van der Waals surface area contributed by atoms with Crippen LogP contribution in [0.2, 0.25) is 13.1 Å². The molecule has 0 amide bonds. The maximum absolute atomic E-state index is 6.88. The number of hydrogen-bond donors (Lipinski definition) is 0. The minimum absolute atomic E-state index is 0. The predicted molar refractivity (Wildman–Crippen MR) is 405 cm³/mol. The number of hydrogen-bond acceptors (Lipinski definition) is 2. The number of pyridine rings is 1. The fourth-order valence-corrected chi connectivity index (χ4v) is 24.3.